The van der Waals surface area contributed by atoms with E-state index in [-0.39, 0.29) is 59.5 Å². The molecule has 4 heterocycles. The number of thiazole rings is 1. The molecule has 1 saturated heterocycles. The van der Waals surface area contributed by atoms with Crippen LogP contribution in [0.15, 0.2) is 52.4 Å². The van der Waals surface area contributed by atoms with Crippen molar-refractivity contribution in [2.24, 2.45) is 0 Å². The third-order valence-corrected chi connectivity index (χ3v) is 8.38. The number of rotatable bonds is 10. The highest BCUT2D eigenvalue weighted by Gasteiger charge is 2.25. The zero-order chi connectivity index (χ0) is 30.1. The fourth-order valence-corrected chi connectivity index (χ4v) is 5.97. The zero-order valence-corrected chi connectivity index (χ0v) is 25.2. The Bertz CT molecular complexity index is 1830. The van der Waals surface area contributed by atoms with E-state index in [4.69, 9.17) is 14.2 Å². The van der Waals surface area contributed by atoms with Gasteiger partial charge in [-0.05, 0) is 65.2 Å². The van der Waals surface area contributed by atoms with Crippen LogP contribution in [0.25, 0.3) is 22.3 Å². The molecule has 0 N–H and O–H groups in total. The van der Waals surface area contributed by atoms with Crippen molar-refractivity contribution in [2.45, 2.75) is 39.0 Å². The Labute approximate surface area is 256 Å². The second-order valence-electron chi connectivity index (χ2n) is 9.77. The summed E-state index contributed by atoms with van der Waals surface area (Å²) < 4.78 is 64.9. The first-order chi connectivity index (χ1) is 20.8. The molecule has 2 aromatic carbocycles. The van der Waals surface area contributed by atoms with Crippen LogP contribution in [0, 0.1) is 17.5 Å². The minimum atomic E-state index is -0.715. The Morgan fingerprint density at radius 3 is 2.70 bits per heavy atom. The maximum absolute atomic E-state index is 15.5. The molecule has 222 valence electrons. The van der Waals surface area contributed by atoms with Crippen LogP contribution in [0.1, 0.15) is 40.1 Å². The topological polar surface area (TPSA) is 88.4 Å². The molecular formula is C30H24BrF3N4O4S. The number of nitrogens with zero attached hydrogens (tertiary/aromatic N) is 4. The van der Waals surface area contributed by atoms with E-state index in [0.717, 1.165) is 33.4 Å². The van der Waals surface area contributed by atoms with Gasteiger partial charge in [-0.15, -0.1) is 11.3 Å². The highest BCUT2D eigenvalue weighted by atomic mass is 79.9. The van der Waals surface area contributed by atoms with E-state index in [9.17, 15) is 4.79 Å². The molecule has 0 aliphatic carbocycles. The van der Waals surface area contributed by atoms with E-state index in [2.05, 4.69) is 30.9 Å². The van der Waals surface area contributed by atoms with Crippen LogP contribution in [-0.4, -0.2) is 44.8 Å². The molecule has 0 amide bonds. The minimum absolute atomic E-state index is 0.0194. The maximum Gasteiger partial charge on any atom is 0.338 e. The average molecular weight is 674 g/mol. The van der Waals surface area contributed by atoms with Gasteiger partial charge in [0.15, 0.2) is 5.82 Å². The number of esters is 1. The highest BCUT2D eigenvalue weighted by Crippen LogP contribution is 2.30. The van der Waals surface area contributed by atoms with Gasteiger partial charge in [0, 0.05) is 24.7 Å². The Morgan fingerprint density at radius 1 is 1.14 bits per heavy atom. The number of ether oxygens (including phenoxy) is 3. The molecular weight excluding hydrogens is 649 g/mol. The molecule has 6 rings (SSSR count). The van der Waals surface area contributed by atoms with Gasteiger partial charge in [-0.1, -0.05) is 6.07 Å². The standard InChI is InChI=1S/C30H24BrF3N4O4S/c1-2-40-30(39)17-9-22(34)29-24(10-17)38(14-18-6-7-41-18)26(37-29)11-16-8-21(33)19(12-20(16)32)23-4-3-5-27(36-23)42-15-28-35-13-25(31)43-28/h3-5,8-10,12-13,18H,2,6-7,11,14-15H2,1H3/t18-/m0/s1. The fourth-order valence-electron chi connectivity index (χ4n) is 4.76. The predicted molar refractivity (Wildman–Crippen MR) is 157 cm³/mol. The molecule has 0 saturated carbocycles. The number of imidazole rings is 1. The predicted octanol–water partition coefficient (Wildman–Crippen LogP) is 6.87. The van der Waals surface area contributed by atoms with E-state index in [0.29, 0.717) is 24.5 Å². The van der Waals surface area contributed by atoms with Crippen LogP contribution in [0.4, 0.5) is 13.2 Å². The molecule has 0 spiro atoms. The summed E-state index contributed by atoms with van der Waals surface area (Å²) in [4.78, 5) is 25.3. The van der Waals surface area contributed by atoms with Crippen molar-refractivity contribution in [2.75, 3.05) is 13.2 Å². The molecule has 43 heavy (non-hydrogen) atoms. The largest absolute Gasteiger partial charge is 0.470 e. The summed E-state index contributed by atoms with van der Waals surface area (Å²) in [6.45, 7) is 2.88. The van der Waals surface area contributed by atoms with Gasteiger partial charge in [0.1, 0.15) is 34.6 Å². The van der Waals surface area contributed by atoms with E-state index in [1.54, 1.807) is 35.9 Å². The second-order valence-corrected chi connectivity index (χ2v) is 12.3. The van der Waals surface area contributed by atoms with E-state index >= 15 is 13.2 Å². The molecule has 0 radical (unpaired) electrons. The first-order valence-electron chi connectivity index (χ1n) is 13.4. The first-order valence-corrected chi connectivity index (χ1v) is 15.1. The summed E-state index contributed by atoms with van der Waals surface area (Å²) in [5, 5.41) is 0.729. The number of aromatic nitrogens is 4. The number of carbonyl (C=O) groups is 1. The van der Waals surface area contributed by atoms with Crippen LogP contribution < -0.4 is 4.74 Å². The summed E-state index contributed by atoms with van der Waals surface area (Å²) in [7, 11) is 0. The molecule has 1 fully saturated rings. The van der Waals surface area contributed by atoms with Crippen LogP contribution in [0.5, 0.6) is 5.88 Å². The van der Waals surface area contributed by atoms with Crippen molar-refractivity contribution in [3.05, 3.63) is 91.9 Å². The summed E-state index contributed by atoms with van der Waals surface area (Å²) >= 11 is 4.77. The first kappa shape index (κ1) is 29.3. The molecule has 0 bridgehead atoms. The molecule has 13 heteroatoms. The van der Waals surface area contributed by atoms with Gasteiger partial charge >= 0.3 is 5.97 Å². The third-order valence-electron chi connectivity index (χ3n) is 6.93. The zero-order valence-electron chi connectivity index (χ0n) is 22.8. The van der Waals surface area contributed by atoms with Crippen molar-refractivity contribution in [1.82, 2.24) is 19.5 Å². The Hall–Kier alpha value is -3.81. The summed E-state index contributed by atoms with van der Waals surface area (Å²) in [5.74, 6) is -2.20. The number of fused-ring (bicyclic) bond motifs is 1. The lowest BCUT2D eigenvalue weighted by Gasteiger charge is -2.27. The lowest BCUT2D eigenvalue weighted by molar-refractivity contribution is -0.0589. The number of hydrogen-bond donors (Lipinski definition) is 0. The second kappa shape index (κ2) is 12.4. The van der Waals surface area contributed by atoms with Crippen LogP contribution in [0.2, 0.25) is 0 Å². The number of benzene rings is 2. The van der Waals surface area contributed by atoms with Gasteiger partial charge in [-0.3, -0.25) is 0 Å². The van der Waals surface area contributed by atoms with Crippen molar-refractivity contribution in [1.29, 1.82) is 0 Å². The SMILES string of the molecule is CCOC(=O)c1cc(F)c2nc(Cc3cc(F)c(-c4cccc(OCc5ncc(Br)s5)n4)cc3F)n(C[C@@H]3CCO3)c2c1. The van der Waals surface area contributed by atoms with Crippen molar-refractivity contribution >= 4 is 44.3 Å². The van der Waals surface area contributed by atoms with Crippen LogP contribution >= 0.6 is 27.3 Å². The summed E-state index contributed by atoms with van der Waals surface area (Å²) in [6, 6.07) is 9.57. The molecule has 0 unspecified atom stereocenters. The number of carbonyl (C=O) groups excluding carboxylic acids is 1. The van der Waals surface area contributed by atoms with Crippen LogP contribution in [0.3, 0.4) is 0 Å². The lowest BCUT2D eigenvalue weighted by atomic mass is 10.0. The van der Waals surface area contributed by atoms with E-state index in [1.807, 2.05) is 0 Å². The van der Waals surface area contributed by atoms with Crippen LogP contribution in [-0.2, 0) is 29.0 Å². The van der Waals surface area contributed by atoms with E-state index in [1.165, 1.54) is 17.4 Å². The van der Waals surface area contributed by atoms with Gasteiger partial charge in [0.05, 0.1) is 46.0 Å². The summed E-state index contributed by atoms with van der Waals surface area (Å²) in [6.07, 6.45) is 2.18. The summed E-state index contributed by atoms with van der Waals surface area (Å²) in [5.41, 5.74) is 0.589. The minimum Gasteiger partial charge on any atom is -0.470 e. The van der Waals surface area contributed by atoms with Crippen molar-refractivity contribution in [3.63, 3.8) is 0 Å². The number of halogens is 4. The Morgan fingerprint density at radius 2 is 1.98 bits per heavy atom. The maximum atomic E-state index is 15.5. The Kier molecular flexibility index (Phi) is 8.46. The molecule has 1 aliphatic rings. The van der Waals surface area contributed by atoms with Gasteiger partial charge in [0.2, 0.25) is 5.88 Å². The number of pyridine rings is 1. The average Bonchev–Trinajstić information content (AvgIpc) is 3.54. The lowest BCUT2D eigenvalue weighted by Crippen LogP contribution is -2.31. The smallest absolute Gasteiger partial charge is 0.338 e. The van der Waals surface area contributed by atoms with Gasteiger partial charge in [-0.2, -0.15) is 0 Å². The molecule has 1 atom stereocenters. The molecule has 8 nitrogen and oxygen atoms in total. The Balaban J connectivity index is 1.30. The molecule has 3 aromatic heterocycles. The van der Waals surface area contributed by atoms with Crippen molar-refractivity contribution < 1.29 is 32.2 Å². The third kappa shape index (κ3) is 6.29. The quantitative estimate of drug-likeness (QED) is 0.150. The van der Waals surface area contributed by atoms with E-state index < -0.39 is 23.4 Å². The number of hydrogen-bond acceptors (Lipinski definition) is 8. The molecule has 1 aliphatic heterocycles. The normalized spacial score (nSPS) is 14.6. The molecule has 5 aromatic rings. The fraction of sp³-hybridized carbons (Fsp3) is 0.267. The van der Waals surface area contributed by atoms with Crippen molar-refractivity contribution in [3.8, 4) is 17.1 Å². The monoisotopic (exact) mass is 672 g/mol. The van der Waals surface area contributed by atoms with Gasteiger partial charge in [-0.25, -0.2) is 32.9 Å². The highest BCUT2D eigenvalue weighted by molar-refractivity contribution is 9.11. The van der Waals surface area contributed by atoms with Gasteiger partial charge in [0.25, 0.3) is 0 Å². The van der Waals surface area contributed by atoms with Gasteiger partial charge < -0.3 is 18.8 Å².